The highest BCUT2D eigenvalue weighted by Crippen LogP contribution is 2.69. The van der Waals surface area contributed by atoms with Crippen molar-refractivity contribution in [3.05, 3.63) is 0 Å². The van der Waals surface area contributed by atoms with Gasteiger partial charge in [0, 0.05) is 25.2 Å². The maximum atomic E-state index is 7.05. The normalized spacial score (nSPS) is 35.4. The van der Waals surface area contributed by atoms with E-state index in [1.54, 1.807) is 0 Å². The summed E-state index contributed by atoms with van der Waals surface area (Å²) in [6.45, 7) is 17.0. The molecule has 0 bridgehead atoms. The third-order valence-corrected chi connectivity index (χ3v) is 15.0. The molecule has 4 saturated carbocycles. The highest BCUT2D eigenvalue weighted by molar-refractivity contribution is 5.15. The summed E-state index contributed by atoms with van der Waals surface area (Å²) in [5.41, 5.74) is 18.3. The van der Waals surface area contributed by atoms with Crippen LogP contribution in [-0.2, 0) is 14.2 Å². The van der Waals surface area contributed by atoms with Gasteiger partial charge in [-0.3, -0.25) is 0 Å². The molecule has 0 spiro atoms. The number of rotatable bonds is 27. The van der Waals surface area contributed by atoms with Crippen LogP contribution in [0.2, 0.25) is 0 Å². The summed E-state index contributed by atoms with van der Waals surface area (Å²) in [6.07, 6.45) is 27.6. The van der Waals surface area contributed by atoms with Gasteiger partial charge < -0.3 is 36.7 Å². The zero-order valence-electron chi connectivity index (χ0n) is 34.2. The van der Waals surface area contributed by atoms with Gasteiger partial charge in [-0.05, 0) is 157 Å². The van der Waals surface area contributed by atoms with Gasteiger partial charge in [0.2, 0.25) is 0 Å². The zero-order valence-corrected chi connectivity index (χ0v) is 34.2. The summed E-state index contributed by atoms with van der Waals surface area (Å²) in [7, 11) is 0. The molecule has 4 aliphatic rings. The molecule has 11 atom stereocenters. The molecule has 0 radical (unpaired) electrons. The molecule has 0 heterocycles. The fourth-order valence-electron chi connectivity index (χ4n) is 12.0. The second kappa shape index (κ2) is 22.9. The topological polar surface area (TPSA) is 118 Å². The van der Waals surface area contributed by atoms with Gasteiger partial charge in [0.1, 0.15) is 0 Å². The fraction of sp³-hybridized carbons (Fsp3) is 1.00. The molecule has 4 unspecified atom stereocenters. The lowest BCUT2D eigenvalue weighted by atomic mass is 9.43. The number of hydrogen-bond acceptors (Lipinski definition) is 7. The van der Waals surface area contributed by atoms with Crippen LogP contribution in [0, 0.1) is 46.3 Å². The number of fused-ring (bicyclic) bond motifs is 5. The summed E-state index contributed by atoms with van der Waals surface area (Å²) in [4.78, 5) is 0. The molecule has 0 aromatic carbocycles. The first-order valence-electron chi connectivity index (χ1n) is 22.5. The van der Waals surface area contributed by atoms with Crippen molar-refractivity contribution < 1.29 is 14.2 Å². The van der Waals surface area contributed by atoms with E-state index in [0.29, 0.717) is 78.9 Å². The lowest BCUT2D eigenvalue weighted by Gasteiger charge is -2.65. The third-order valence-electron chi connectivity index (χ3n) is 15.0. The third kappa shape index (κ3) is 11.6. The molecular weight excluding hydrogens is 633 g/mol. The van der Waals surface area contributed by atoms with E-state index >= 15 is 0 Å². The Morgan fingerprint density at radius 1 is 0.667 bits per heavy atom. The fourth-order valence-corrected chi connectivity index (χ4v) is 12.0. The van der Waals surface area contributed by atoms with Crippen molar-refractivity contribution in [2.75, 3.05) is 52.5 Å². The Bertz CT molecular complexity index is 925. The molecule has 0 aromatic heterocycles. The van der Waals surface area contributed by atoms with Gasteiger partial charge >= 0.3 is 0 Å². The molecule has 300 valence electrons. The molecule has 0 aromatic rings. The van der Waals surface area contributed by atoms with Gasteiger partial charge in [0.05, 0.1) is 18.3 Å². The summed E-state index contributed by atoms with van der Waals surface area (Å²) < 4.78 is 20.4. The maximum absolute atomic E-state index is 7.05. The largest absolute Gasteiger partial charge is 0.378 e. The Morgan fingerprint density at radius 2 is 1.29 bits per heavy atom. The van der Waals surface area contributed by atoms with Crippen molar-refractivity contribution in [2.45, 2.75) is 181 Å². The molecule has 4 rings (SSSR count). The molecule has 0 amide bonds. The molecule has 4 fully saturated rings. The molecule has 4 aliphatic carbocycles. The summed E-state index contributed by atoms with van der Waals surface area (Å²) >= 11 is 0. The Balaban J connectivity index is 1.38. The molecule has 0 saturated heterocycles. The Kier molecular flexibility index (Phi) is 19.5. The maximum Gasteiger partial charge on any atom is 0.0637 e. The van der Waals surface area contributed by atoms with Crippen molar-refractivity contribution in [1.82, 2.24) is 5.32 Å². The predicted octanol–water partition coefficient (Wildman–Crippen LogP) is 8.60. The predicted molar refractivity (Wildman–Crippen MR) is 215 cm³/mol. The Morgan fingerprint density at radius 3 is 1.98 bits per heavy atom. The summed E-state index contributed by atoms with van der Waals surface area (Å²) in [6, 6.07) is 0. The molecular formula is C44H86N4O3. The number of hydrogen-bond donors (Lipinski definition) is 4. The second-order valence-electron chi connectivity index (χ2n) is 18.2. The van der Waals surface area contributed by atoms with Gasteiger partial charge in [-0.15, -0.1) is 0 Å². The van der Waals surface area contributed by atoms with Crippen LogP contribution in [0.4, 0.5) is 0 Å². The Hall–Kier alpha value is -0.280. The highest BCUT2D eigenvalue weighted by atomic mass is 16.5. The first kappa shape index (κ1) is 43.4. The van der Waals surface area contributed by atoms with Crippen LogP contribution in [-0.4, -0.2) is 70.9 Å². The van der Waals surface area contributed by atoms with E-state index < -0.39 is 0 Å². The van der Waals surface area contributed by atoms with Crippen molar-refractivity contribution in [2.24, 2.45) is 63.5 Å². The van der Waals surface area contributed by atoms with E-state index in [0.717, 1.165) is 52.0 Å². The van der Waals surface area contributed by atoms with Gasteiger partial charge in [-0.1, -0.05) is 79.1 Å². The average molecular weight is 719 g/mol. The average Bonchev–Trinajstić information content (AvgIpc) is 3.49. The minimum absolute atomic E-state index is 0.181. The molecule has 7 heteroatoms. The van der Waals surface area contributed by atoms with Gasteiger partial charge in [0.25, 0.3) is 0 Å². The lowest BCUT2D eigenvalue weighted by molar-refractivity contribution is -0.227. The van der Waals surface area contributed by atoms with Gasteiger partial charge in [-0.2, -0.15) is 0 Å². The van der Waals surface area contributed by atoms with Crippen molar-refractivity contribution in [1.29, 1.82) is 0 Å². The molecule has 51 heavy (non-hydrogen) atoms. The second-order valence-corrected chi connectivity index (χ2v) is 18.2. The van der Waals surface area contributed by atoms with Gasteiger partial charge in [-0.25, -0.2) is 0 Å². The number of ether oxygens (including phenoxy) is 3. The van der Waals surface area contributed by atoms with Crippen LogP contribution < -0.4 is 22.5 Å². The van der Waals surface area contributed by atoms with Crippen LogP contribution in [0.5, 0.6) is 0 Å². The van der Waals surface area contributed by atoms with Gasteiger partial charge in [0.15, 0.2) is 0 Å². The van der Waals surface area contributed by atoms with Crippen LogP contribution in [0.25, 0.3) is 0 Å². The van der Waals surface area contributed by atoms with Crippen LogP contribution in [0.1, 0.15) is 163 Å². The van der Waals surface area contributed by atoms with E-state index in [4.69, 9.17) is 31.4 Å². The molecule has 0 aliphatic heterocycles. The minimum Gasteiger partial charge on any atom is -0.378 e. The zero-order chi connectivity index (χ0) is 36.5. The van der Waals surface area contributed by atoms with E-state index in [9.17, 15) is 0 Å². The number of nitrogens with one attached hydrogen (secondary N) is 1. The lowest BCUT2D eigenvalue weighted by Crippen LogP contribution is -2.63. The molecule has 7 nitrogen and oxygen atoms in total. The number of unbranched alkanes of at least 4 members (excludes halogenated alkanes) is 8. The summed E-state index contributed by atoms with van der Waals surface area (Å²) in [5.74, 6) is 3.92. The first-order chi connectivity index (χ1) is 24.8. The van der Waals surface area contributed by atoms with Crippen molar-refractivity contribution >= 4 is 0 Å². The van der Waals surface area contributed by atoms with Crippen LogP contribution in [0.3, 0.4) is 0 Å². The van der Waals surface area contributed by atoms with E-state index in [-0.39, 0.29) is 5.41 Å². The van der Waals surface area contributed by atoms with E-state index in [1.807, 2.05) is 0 Å². The van der Waals surface area contributed by atoms with Crippen molar-refractivity contribution in [3.63, 3.8) is 0 Å². The van der Waals surface area contributed by atoms with Crippen molar-refractivity contribution in [3.8, 4) is 0 Å². The summed E-state index contributed by atoms with van der Waals surface area (Å²) in [5, 5.41) is 3.80. The number of nitrogens with two attached hydrogens (primary N) is 3. The monoisotopic (exact) mass is 719 g/mol. The minimum atomic E-state index is 0.181. The van der Waals surface area contributed by atoms with E-state index in [1.165, 1.54) is 116 Å². The highest BCUT2D eigenvalue weighted by Gasteiger charge is 2.66. The quantitative estimate of drug-likeness (QED) is 0.0629. The molecule has 7 N–H and O–H groups in total. The Labute approximate surface area is 315 Å². The standard InChI is InChI=1S/C44H86N4O3/c1-5-6-7-8-9-10-11-12-13-26-48-27-14-18-34(2)37-19-20-38-42-39(33-41(44(37,38)4)51-30-17-25-47)43(3)22-21-36(49-28-15-23-45)31-35(43)32-40(42)50-29-16-24-46/h34-42,48H,5-33,45-47H2,1-4H3/t34?,35?,36-,37?,38+,39+,40-,41+,42?,43+,44-/m1/s1. The SMILES string of the molecule is CCCCCCCCCCCNCCCC(C)C1CC[C@H]2C3[C@H](OCCCN)CC4C[C@H](OCCCN)CC[C@]4(C)[C@H]3C[C@H](OCCCN)[C@]12C. The van der Waals surface area contributed by atoms with Crippen LogP contribution >= 0.6 is 0 Å². The van der Waals surface area contributed by atoms with Crippen LogP contribution in [0.15, 0.2) is 0 Å². The smallest absolute Gasteiger partial charge is 0.0637 e. The first-order valence-corrected chi connectivity index (χ1v) is 22.5. The van der Waals surface area contributed by atoms with E-state index in [2.05, 4.69) is 33.0 Å².